The lowest BCUT2D eigenvalue weighted by molar-refractivity contribution is -0.140. The lowest BCUT2D eigenvalue weighted by Crippen LogP contribution is -2.33. The molecule has 0 atom stereocenters. The predicted octanol–water partition coefficient (Wildman–Crippen LogP) is 4.20. The fourth-order valence-electron chi connectivity index (χ4n) is 3.21. The van der Waals surface area contributed by atoms with Gasteiger partial charge in [0.1, 0.15) is 10.7 Å². The number of methoxy groups -OCH3 is 1. The first-order chi connectivity index (χ1) is 15.6. The molecule has 2 heterocycles. The summed E-state index contributed by atoms with van der Waals surface area (Å²) in [7, 11) is 1.34. The lowest BCUT2D eigenvalue weighted by Gasteiger charge is -2.21. The molecule has 0 N–H and O–H groups in total. The number of benzene rings is 2. The average Bonchev–Trinajstić information content (AvgIpc) is 3.52. The van der Waals surface area contributed by atoms with Gasteiger partial charge in [-0.2, -0.15) is 5.10 Å². The number of para-hydroxylation sites is 1. The van der Waals surface area contributed by atoms with Crippen LogP contribution < -0.4 is 0 Å². The number of nitrogens with zero attached hydrogens (tertiary/aromatic N) is 4. The summed E-state index contributed by atoms with van der Waals surface area (Å²) in [6.45, 7) is 0.634. The van der Waals surface area contributed by atoms with Crippen molar-refractivity contribution in [1.29, 1.82) is 0 Å². The van der Waals surface area contributed by atoms with Crippen LogP contribution in [0.1, 0.15) is 22.5 Å². The molecule has 7 nitrogen and oxygen atoms in total. The fourth-order valence-corrected chi connectivity index (χ4v) is 3.98. The fraction of sp³-hybridized carbons (Fsp3) is 0.167. The quantitative estimate of drug-likeness (QED) is 0.379. The van der Waals surface area contributed by atoms with Crippen LogP contribution >= 0.6 is 11.3 Å². The van der Waals surface area contributed by atoms with E-state index < -0.39 is 0 Å². The van der Waals surface area contributed by atoms with Crippen molar-refractivity contribution in [3.63, 3.8) is 0 Å². The van der Waals surface area contributed by atoms with E-state index in [9.17, 15) is 9.59 Å². The molecule has 2 aromatic carbocycles. The minimum absolute atomic E-state index is 0.121. The minimum Gasteiger partial charge on any atom is -0.469 e. The standard InChI is InChI=1S/C24H22N4O3S/c1-31-22(29)12-13-27(15-18-8-4-2-5-9-18)24(30)21-17-32-23(26-21)19-14-25-28(16-19)20-10-6-3-7-11-20/h2-11,14,16-17H,12-13,15H2,1H3. The Kier molecular flexibility index (Phi) is 6.72. The molecule has 0 saturated heterocycles. The van der Waals surface area contributed by atoms with Crippen LogP contribution in [0.3, 0.4) is 0 Å². The monoisotopic (exact) mass is 446 g/mol. The summed E-state index contributed by atoms with van der Waals surface area (Å²) in [6.07, 6.45) is 3.75. The molecular formula is C24H22N4O3S. The van der Waals surface area contributed by atoms with Gasteiger partial charge in [-0.25, -0.2) is 9.67 Å². The van der Waals surface area contributed by atoms with E-state index in [1.54, 1.807) is 21.2 Å². The van der Waals surface area contributed by atoms with Crippen molar-refractivity contribution in [3.8, 4) is 16.3 Å². The molecule has 1 amide bonds. The van der Waals surface area contributed by atoms with E-state index in [0.29, 0.717) is 17.2 Å². The van der Waals surface area contributed by atoms with Gasteiger partial charge in [-0.15, -0.1) is 11.3 Å². The maximum atomic E-state index is 13.2. The molecule has 0 spiro atoms. The van der Waals surface area contributed by atoms with Gasteiger partial charge < -0.3 is 9.64 Å². The summed E-state index contributed by atoms with van der Waals surface area (Å²) in [6, 6.07) is 19.4. The Morgan fingerprint density at radius 2 is 1.78 bits per heavy atom. The van der Waals surface area contributed by atoms with Gasteiger partial charge in [0, 0.05) is 30.2 Å². The van der Waals surface area contributed by atoms with Gasteiger partial charge in [-0.05, 0) is 17.7 Å². The van der Waals surface area contributed by atoms with Crippen LogP contribution in [0.2, 0.25) is 0 Å². The molecule has 0 radical (unpaired) electrons. The molecule has 4 rings (SSSR count). The highest BCUT2D eigenvalue weighted by Gasteiger charge is 2.21. The highest BCUT2D eigenvalue weighted by atomic mass is 32.1. The van der Waals surface area contributed by atoms with Crippen molar-refractivity contribution in [2.24, 2.45) is 0 Å². The third-order valence-corrected chi connectivity index (χ3v) is 5.78. The number of hydrogen-bond donors (Lipinski definition) is 0. The molecule has 32 heavy (non-hydrogen) atoms. The van der Waals surface area contributed by atoms with Crippen molar-refractivity contribution in [3.05, 3.63) is 89.7 Å². The van der Waals surface area contributed by atoms with Gasteiger partial charge in [0.15, 0.2) is 0 Å². The van der Waals surface area contributed by atoms with Crippen molar-refractivity contribution >= 4 is 23.2 Å². The summed E-state index contributed by atoms with van der Waals surface area (Å²) in [4.78, 5) is 31.1. The topological polar surface area (TPSA) is 77.3 Å². The largest absolute Gasteiger partial charge is 0.469 e. The molecule has 0 bridgehead atoms. The first-order valence-corrected chi connectivity index (χ1v) is 11.0. The first-order valence-electron chi connectivity index (χ1n) is 10.1. The summed E-state index contributed by atoms with van der Waals surface area (Å²) < 4.78 is 6.51. The molecule has 4 aromatic rings. The lowest BCUT2D eigenvalue weighted by atomic mass is 10.2. The van der Waals surface area contributed by atoms with Crippen LogP contribution in [-0.4, -0.2) is 45.2 Å². The summed E-state index contributed by atoms with van der Waals surface area (Å²) in [5, 5.41) is 6.86. The maximum Gasteiger partial charge on any atom is 0.307 e. The Hall–Kier alpha value is -3.78. The van der Waals surface area contributed by atoms with E-state index in [4.69, 9.17) is 4.74 Å². The Morgan fingerprint density at radius 1 is 1.06 bits per heavy atom. The number of thiazole rings is 1. The van der Waals surface area contributed by atoms with E-state index in [0.717, 1.165) is 16.8 Å². The van der Waals surface area contributed by atoms with Gasteiger partial charge in [-0.3, -0.25) is 9.59 Å². The number of esters is 1. The van der Waals surface area contributed by atoms with Gasteiger partial charge in [-0.1, -0.05) is 48.5 Å². The molecule has 0 aliphatic carbocycles. The maximum absolute atomic E-state index is 13.2. The SMILES string of the molecule is COC(=O)CCN(Cc1ccccc1)C(=O)c1csc(-c2cnn(-c3ccccc3)c2)n1. The Morgan fingerprint density at radius 3 is 2.50 bits per heavy atom. The molecule has 2 aromatic heterocycles. The van der Waals surface area contributed by atoms with Gasteiger partial charge >= 0.3 is 5.97 Å². The van der Waals surface area contributed by atoms with Crippen molar-refractivity contribution in [1.82, 2.24) is 19.7 Å². The zero-order valence-corrected chi connectivity index (χ0v) is 18.4. The van der Waals surface area contributed by atoms with Crippen LogP contribution in [0.5, 0.6) is 0 Å². The molecule has 8 heteroatoms. The van der Waals surface area contributed by atoms with E-state index >= 15 is 0 Å². The number of rotatable bonds is 8. The summed E-state index contributed by atoms with van der Waals surface area (Å²) in [5.41, 5.74) is 3.11. The van der Waals surface area contributed by atoms with Gasteiger partial charge in [0.25, 0.3) is 5.91 Å². The average molecular weight is 447 g/mol. The number of carbonyl (C=O) groups is 2. The van der Waals surface area contributed by atoms with Gasteiger partial charge in [0.05, 0.1) is 25.4 Å². The molecule has 162 valence electrons. The molecule has 0 aliphatic rings. The predicted molar refractivity (Wildman–Crippen MR) is 122 cm³/mol. The van der Waals surface area contributed by atoms with Crippen LogP contribution in [-0.2, 0) is 16.1 Å². The van der Waals surface area contributed by atoms with E-state index in [-0.39, 0.29) is 24.8 Å². The second kappa shape index (κ2) is 10.0. The first kappa shape index (κ1) is 21.5. The molecular weight excluding hydrogens is 424 g/mol. The van der Waals surface area contributed by atoms with Gasteiger partial charge in [0.2, 0.25) is 0 Å². The second-order valence-corrected chi connectivity index (χ2v) is 7.94. The zero-order chi connectivity index (χ0) is 22.3. The number of ether oxygens (including phenoxy) is 1. The van der Waals surface area contributed by atoms with Crippen molar-refractivity contribution < 1.29 is 14.3 Å². The smallest absolute Gasteiger partial charge is 0.307 e. The highest BCUT2D eigenvalue weighted by Crippen LogP contribution is 2.25. The van der Waals surface area contributed by atoms with E-state index in [1.165, 1.54) is 18.4 Å². The number of carbonyl (C=O) groups excluding carboxylic acids is 2. The second-order valence-electron chi connectivity index (χ2n) is 7.09. The van der Waals surface area contributed by atoms with Crippen LogP contribution in [0.25, 0.3) is 16.3 Å². The minimum atomic E-state index is -0.358. The summed E-state index contributed by atoms with van der Waals surface area (Å²) >= 11 is 1.39. The van der Waals surface area contributed by atoms with Crippen molar-refractivity contribution in [2.75, 3.05) is 13.7 Å². The number of amides is 1. The van der Waals surface area contributed by atoms with Crippen LogP contribution in [0.4, 0.5) is 0 Å². The molecule has 0 unspecified atom stereocenters. The number of aromatic nitrogens is 3. The number of hydrogen-bond acceptors (Lipinski definition) is 6. The normalized spacial score (nSPS) is 10.7. The van der Waals surface area contributed by atoms with E-state index in [2.05, 4.69) is 10.1 Å². The summed E-state index contributed by atoms with van der Waals surface area (Å²) in [5.74, 6) is -0.584. The van der Waals surface area contributed by atoms with Crippen LogP contribution in [0, 0.1) is 0 Å². The third kappa shape index (κ3) is 5.09. The van der Waals surface area contributed by atoms with Crippen molar-refractivity contribution in [2.45, 2.75) is 13.0 Å². The highest BCUT2D eigenvalue weighted by molar-refractivity contribution is 7.13. The van der Waals surface area contributed by atoms with E-state index in [1.807, 2.05) is 66.9 Å². The third-order valence-electron chi connectivity index (χ3n) is 4.89. The Bertz CT molecular complexity index is 1190. The Balaban J connectivity index is 1.53. The Labute approximate surface area is 189 Å². The van der Waals surface area contributed by atoms with Crippen LogP contribution in [0.15, 0.2) is 78.4 Å². The molecule has 0 aliphatic heterocycles. The zero-order valence-electron chi connectivity index (χ0n) is 17.5. The molecule has 0 saturated carbocycles. The molecule has 0 fully saturated rings.